The molecule has 1 aromatic rings. The maximum absolute atomic E-state index is 9.01. The minimum Gasteiger partial charge on any atom is -0.396 e. The summed E-state index contributed by atoms with van der Waals surface area (Å²) in [6.45, 7) is 3.98. The molecule has 90 valence electrons. The van der Waals surface area contributed by atoms with E-state index in [9.17, 15) is 0 Å². The Morgan fingerprint density at radius 2 is 1.88 bits per heavy atom. The maximum Gasteiger partial charge on any atom is 0.229 e. The average Bonchev–Trinajstić information content (AvgIpc) is 2.26. The summed E-state index contributed by atoms with van der Waals surface area (Å²) >= 11 is 5.73. The van der Waals surface area contributed by atoms with E-state index in [1.54, 1.807) is 7.05 Å². The van der Waals surface area contributed by atoms with Crippen LogP contribution in [0.25, 0.3) is 0 Å². The Labute approximate surface area is 99.5 Å². The van der Waals surface area contributed by atoms with E-state index in [0.717, 1.165) is 0 Å². The quantitative estimate of drug-likeness (QED) is 0.718. The van der Waals surface area contributed by atoms with Crippen LogP contribution < -0.4 is 10.6 Å². The first-order valence-corrected chi connectivity index (χ1v) is 5.41. The van der Waals surface area contributed by atoms with Crippen LogP contribution >= 0.6 is 11.6 Å². The van der Waals surface area contributed by atoms with Gasteiger partial charge >= 0.3 is 0 Å². The molecule has 2 atom stereocenters. The average molecular weight is 246 g/mol. The van der Waals surface area contributed by atoms with E-state index in [1.165, 1.54) is 0 Å². The molecule has 3 N–H and O–H groups in total. The summed E-state index contributed by atoms with van der Waals surface area (Å²) in [5.41, 5.74) is 0. The maximum atomic E-state index is 9.01. The van der Waals surface area contributed by atoms with Gasteiger partial charge in [0.15, 0.2) is 0 Å². The number of nitrogens with one attached hydrogen (secondary N) is 2. The first-order valence-electron chi connectivity index (χ1n) is 5.03. The second-order valence-electron chi connectivity index (χ2n) is 3.59. The molecule has 6 nitrogen and oxygen atoms in total. The summed E-state index contributed by atoms with van der Waals surface area (Å²) in [6, 6.07) is 0.0492. The molecule has 0 amide bonds. The normalized spacial score (nSPS) is 14.3. The molecule has 0 aromatic carbocycles. The van der Waals surface area contributed by atoms with Crippen LogP contribution in [0.2, 0.25) is 5.28 Å². The molecule has 2 unspecified atom stereocenters. The van der Waals surface area contributed by atoms with E-state index in [0.29, 0.717) is 11.9 Å². The fraction of sp³-hybridized carbons (Fsp3) is 0.667. The molecule has 7 heteroatoms. The summed E-state index contributed by atoms with van der Waals surface area (Å²) in [7, 11) is 1.70. The first kappa shape index (κ1) is 12.9. The molecule has 0 saturated heterocycles. The van der Waals surface area contributed by atoms with Crippen LogP contribution in [0, 0.1) is 5.92 Å². The van der Waals surface area contributed by atoms with Crippen molar-refractivity contribution in [1.82, 2.24) is 15.0 Å². The third kappa shape index (κ3) is 3.46. The third-order valence-electron chi connectivity index (χ3n) is 2.33. The molecule has 0 saturated carbocycles. The monoisotopic (exact) mass is 245 g/mol. The molecule has 1 heterocycles. The number of aromatic nitrogens is 3. The summed E-state index contributed by atoms with van der Waals surface area (Å²) in [5.74, 6) is 0.914. The molecule has 0 bridgehead atoms. The smallest absolute Gasteiger partial charge is 0.229 e. The zero-order valence-electron chi connectivity index (χ0n) is 9.53. The van der Waals surface area contributed by atoms with Crippen molar-refractivity contribution >= 4 is 23.5 Å². The number of anilines is 2. The second kappa shape index (κ2) is 5.81. The predicted octanol–water partition coefficient (Wildman–Crippen LogP) is 0.995. The highest BCUT2D eigenvalue weighted by Gasteiger charge is 2.13. The Morgan fingerprint density at radius 1 is 1.25 bits per heavy atom. The summed E-state index contributed by atoms with van der Waals surface area (Å²) in [5, 5.41) is 15.0. The van der Waals surface area contributed by atoms with Gasteiger partial charge in [0.25, 0.3) is 0 Å². The lowest BCUT2D eigenvalue weighted by molar-refractivity contribution is 0.226. The Balaban J connectivity index is 2.76. The Morgan fingerprint density at radius 3 is 2.44 bits per heavy atom. The van der Waals surface area contributed by atoms with Crippen molar-refractivity contribution in [3.8, 4) is 0 Å². The standard InChI is InChI=1S/C9H16ClN5O/c1-5(4-16)6(2)12-9-14-7(10)13-8(11-3)15-9/h5-6,16H,4H2,1-3H3,(H2,11,12,13,14,15). The zero-order valence-corrected chi connectivity index (χ0v) is 10.3. The molecule has 1 aromatic heterocycles. The van der Waals surface area contributed by atoms with Crippen molar-refractivity contribution in [2.45, 2.75) is 19.9 Å². The van der Waals surface area contributed by atoms with Gasteiger partial charge in [-0.15, -0.1) is 0 Å². The largest absolute Gasteiger partial charge is 0.396 e. The van der Waals surface area contributed by atoms with Crippen molar-refractivity contribution in [3.63, 3.8) is 0 Å². The highest BCUT2D eigenvalue weighted by molar-refractivity contribution is 6.28. The number of rotatable bonds is 5. The lowest BCUT2D eigenvalue weighted by atomic mass is 10.1. The number of hydrogen-bond acceptors (Lipinski definition) is 6. The van der Waals surface area contributed by atoms with Gasteiger partial charge in [0.05, 0.1) is 0 Å². The predicted molar refractivity (Wildman–Crippen MR) is 63.7 cm³/mol. The fourth-order valence-corrected chi connectivity index (χ4v) is 1.19. The minimum absolute atomic E-state index is 0.0492. The number of nitrogens with zero attached hydrogens (tertiary/aromatic N) is 3. The summed E-state index contributed by atoms with van der Waals surface area (Å²) in [4.78, 5) is 11.9. The van der Waals surface area contributed by atoms with Gasteiger partial charge in [0, 0.05) is 19.7 Å². The Hall–Kier alpha value is -1.14. The lowest BCUT2D eigenvalue weighted by Crippen LogP contribution is -2.27. The zero-order chi connectivity index (χ0) is 12.1. The van der Waals surface area contributed by atoms with Crippen LogP contribution in [0.15, 0.2) is 0 Å². The van der Waals surface area contributed by atoms with Crippen molar-refractivity contribution in [1.29, 1.82) is 0 Å². The number of hydrogen-bond donors (Lipinski definition) is 3. The second-order valence-corrected chi connectivity index (χ2v) is 3.93. The van der Waals surface area contributed by atoms with Gasteiger partial charge in [-0.1, -0.05) is 6.92 Å². The first-order chi connectivity index (χ1) is 7.56. The van der Waals surface area contributed by atoms with Crippen LogP contribution in [0.1, 0.15) is 13.8 Å². The van der Waals surface area contributed by atoms with E-state index in [-0.39, 0.29) is 23.9 Å². The van der Waals surface area contributed by atoms with Crippen LogP contribution in [0.5, 0.6) is 0 Å². The molecule has 0 spiro atoms. The molecule has 0 aliphatic heterocycles. The molecule has 0 aliphatic rings. The molecule has 1 rings (SSSR count). The van der Waals surface area contributed by atoms with Gasteiger partial charge < -0.3 is 15.7 Å². The Bertz CT molecular complexity index is 349. The third-order valence-corrected chi connectivity index (χ3v) is 2.50. The Kier molecular flexibility index (Phi) is 4.70. The van der Waals surface area contributed by atoms with Gasteiger partial charge in [-0.2, -0.15) is 15.0 Å². The van der Waals surface area contributed by atoms with Gasteiger partial charge in [-0.25, -0.2) is 0 Å². The molecule has 0 fully saturated rings. The van der Waals surface area contributed by atoms with Crippen LogP contribution in [0.4, 0.5) is 11.9 Å². The van der Waals surface area contributed by atoms with Gasteiger partial charge in [0.2, 0.25) is 17.2 Å². The van der Waals surface area contributed by atoms with Gasteiger partial charge in [0.1, 0.15) is 0 Å². The lowest BCUT2D eigenvalue weighted by Gasteiger charge is -2.19. The van der Waals surface area contributed by atoms with Crippen molar-refractivity contribution in [2.75, 3.05) is 24.3 Å². The SMILES string of the molecule is CNc1nc(Cl)nc(NC(C)C(C)CO)n1. The van der Waals surface area contributed by atoms with Crippen molar-refractivity contribution in [3.05, 3.63) is 5.28 Å². The van der Waals surface area contributed by atoms with Crippen LogP contribution in [0.3, 0.4) is 0 Å². The van der Waals surface area contributed by atoms with E-state index < -0.39 is 0 Å². The summed E-state index contributed by atoms with van der Waals surface area (Å²) < 4.78 is 0. The molecule has 0 aliphatic carbocycles. The van der Waals surface area contributed by atoms with Crippen LogP contribution in [-0.4, -0.2) is 39.8 Å². The van der Waals surface area contributed by atoms with Crippen molar-refractivity contribution < 1.29 is 5.11 Å². The van der Waals surface area contributed by atoms with Gasteiger partial charge in [-0.05, 0) is 24.4 Å². The molecular formula is C9H16ClN5O. The van der Waals surface area contributed by atoms with E-state index in [1.807, 2.05) is 13.8 Å². The fourth-order valence-electron chi connectivity index (χ4n) is 1.03. The molecule has 0 radical (unpaired) electrons. The number of halogens is 1. The molecule has 16 heavy (non-hydrogen) atoms. The highest BCUT2D eigenvalue weighted by atomic mass is 35.5. The van der Waals surface area contributed by atoms with Crippen LogP contribution in [-0.2, 0) is 0 Å². The van der Waals surface area contributed by atoms with E-state index in [4.69, 9.17) is 16.7 Å². The number of aliphatic hydroxyl groups is 1. The van der Waals surface area contributed by atoms with E-state index >= 15 is 0 Å². The van der Waals surface area contributed by atoms with Crippen molar-refractivity contribution in [2.24, 2.45) is 5.92 Å². The van der Waals surface area contributed by atoms with E-state index in [2.05, 4.69) is 25.6 Å². The highest BCUT2D eigenvalue weighted by Crippen LogP contribution is 2.12. The minimum atomic E-state index is 0.0492. The number of aliphatic hydroxyl groups excluding tert-OH is 1. The summed E-state index contributed by atoms with van der Waals surface area (Å²) in [6.07, 6.45) is 0. The van der Waals surface area contributed by atoms with Gasteiger partial charge in [-0.3, -0.25) is 0 Å². The topological polar surface area (TPSA) is 83.0 Å². The molecular weight excluding hydrogens is 230 g/mol.